The Morgan fingerprint density at radius 1 is 0.483 bits per heavy atom. The molecule has 0 aliphatic carbocycles. The van der Waals surface area contributed by atoms with E-state index in [2.05, 4.69) is 266 Å². The maximum Gasteiger partial charge on any atom is 0.313 e. The minimum absolute atomic E-state index is 0.00817. The van der Waals surface area contributed by atoms with Crippen LogP contribution in [0.15, 0.2) is 221 Å². The summed E-state index contributed by atoms with van der Waals surface area (Å²) < 4.78 is 56.0. The van der Waals surface area contributed by atoms with Crippen LogP contribution in [-0.4, -0.2) is 175 Å². The maximum absolute atomic E-state index is 11.7. The van der Waals surface area contributed by atoms with Crippen molar-refractivity contribution in [1.29, 1.82) is 0 Å². The van der Waals surface area contributed by atoms with Gasteiger partial charge in [-0.25, -0.2) is 68.0 Å². The molecule has 766 valence electrons. The second-order valence-electron chi connectivity index (χ2n) is 37.2. The number of pyridine rings is 6. The predicted molar refractivity (Wildman–Crippen MR) is 560 cm³/mol. The number of hydrogen-bond donors (Lipinski definition) is 4. The van der Waals surface area contributed by atoms with Gasteiger partial charge in [-0.05, 0) is 182 Å². The number of ether oxygens (including phenoxy) is 6. The number of Topliss-reactive ketones (excluding diaryl/α,β-unsaturated/α-hetero) is 1. The molecular weight excluding hydrogens is 1830 g/mol. The average Bonchev–Trinajstić information content (AvgIpc) is 1.21. The Kier molecular flexibility index (Phi) is 52.6. The van der Waals surface area contributed by atoms with Crippen molar-refractivity contribution in [2.24, 2.45) is 5.92 Å². The first-order chi connectivity index (χ1) is 68.3. The summed E-state index contributed by atoms with van der Waals surface area (Å²) in [7, 11) is -0.613. The Hall–Kier alpha value is -13.3. The first-order valence-electron chi connectivity index (χ1n) is 48.6. The molecule has 12 aromatic heterocycles. The van der Waals surface area contributed by atoms with Crippen LogP contribution in [-0.2, 0) is 53.2 Å². The van der Waals surface area contributed by atoms with Gasteiger partial charge in [0.15, 0.2) is 17.4 Å². The second kappa shape index (κ2) is 63.6. The highest BCUT2D eigenvalue weighted by atomic mass is 32.2. The number of carbonyl (C=O) groups is 3. The molecular formula is C110H148N20O12S. The van der Waals surface area contributed by atoms with Crippen molar-refractivity contribution in [3.8, 4) is 33.9 Å². The summed E-state index contributed by atoms with van der Waals surface area (Å²) >= 11 is 0. The van der Waals surface area contributed by atoms with Crippen molar-refractivity contribution in [2.45, 2.75) is 268 Å². The number of aliphatic hydroxyl groups is 1. The summed E-state index contributed by atoms with van der Waals surface area (Å²) in [6, 6.07) is 22.1. The zero-order valence-electron chi connectivity index (χ0n) is 87.9. The third-order valence-corrected chi connectivity index (χ3v) is 23.2. The van der Waals surface area contributed by atoms with Crippen LogP contribution in [0.25, 0.3) is 33.2 Å². The Bertz CT molecular complexity index is 5980. The average molecular weight is 1970 g/mol. The molecule has 1 fully saturated rings. The van der Waals surface area contributed by atoms with Crippen LogP contribution in [0.3, 0.4) is 0 Å². The highest BCUT2D eigenvalue weighted by Crippen LogP contribution is 2.32. The van der Waals surface area contributed by atoms with Gasteiger partial charge in [0.25, 0.3) is 11.8 Å². The van der Waals surface area contributed by atoms with Crippen molar-refractivity contribution in [1.82, 2.24) is 100.0 Å². The molecule has 0 saturated carbocycles. The molecule has 1 amide bonds. The molecule has 4 N–H and O–H groups in total. The van der Waals surface area contributed by atoms with Gasteiger partial charge < -0.3 is 38.8 Å². The van der Waals surface area contributed by atoms with Crippen molar-refractivity contribution in [3.63, 3.8) is 0 Å². The monoisotopic (exact) mass is 1970 g/mol. The van der Waals surface area contributed by atoms with Crippen molar-refractivity contribution < 1.29 is 56.3 Å². The zero-order chi connectivity index (χ0) is 105. The van der Waals surface area contributed by atoms with E-state index in [1.54, 1.807) is 75.0 Å². The van der Waals surface area contributed by atoms with E-state index in [1.807, 2.05) is 114 Å². The molecule has 143 heavy (non-hydrogen) atoms. The van der Waals surface area contributed by atoms with Gasteiger partial charge in [-0.2, -0.15) is 5.10 Å². The van der Waals surface area contributed by atoms with Gasteiger partial charge in [0, 0.05) is 192 Å². The lowest BCUT2D eigenvalue weighted by atomic mass is 10.0. The number of ketones is 1. The van der Waals surface area contributed by atoms with E-state index in [9.17, 15) is 22.8 Å². The van der Waals surface area contributed by atoms with Gasteiger partial charge in [0.2, 0.25) is 15.8 Å². The summed E-state index contributed by atoms with van der Waals surface area (Å²) in [5, 5.41) is 19.3. The van der Waals surface area contributed by atoms with E-state index in [-0.39, 0.29) is 60.7 Å². The molecule has 1 saturated heterocycles. The third kappa shape index (κ3) is 44.0. The number of nitrogens with one attached hydrogen (secondary N) is 3. The number of H-pyrrole nitrogens is 1. The predicted octanol–water partition coefficient (Wildman–Crippen LogP) is 21.7. The van der Waals surface area contributed by atoms with Crippen LogP contribution in [0.4, 0.5) is 0 Å². The molecule has 1 aromatic carbocycles. The van der Waals surface area contributed by atoms with E-state index < -0.39 is 10.0 Å². The number of esters is 1. The van der Waals surface area contributed by atoms with Crippen LogP contribution >= 0.6 is 0 Å². The normalized spacial score (nSPS) is 12.2. The van der Waals surface area contributed by atoms with Gasteiger partial charge in [-0.15, -0.1) is 0 Å². The van der Waals surface area contributed by atoms with E-state index in [0.29, 0.717) is 107 Å². The summed E-state index contributed by atoms with van der Waals surface area (Å²) in [4.78, 5) is 99.8. The highest BCUT2D eigenvalue weighted by Gasteiger charge is 2.20. The van der Waals surface area contributed by atoms with E-state index in [4.69, 9.17) is 28.8 Å². The number of aromatic amines is 1. The van der Waals surface area contributed by atoms with Gasteiger partial charge in [-0.3, -0.25) is 44.4 Å². The maximum atomic E-state index is 11.7. The number of aryl methyl sites for hydroxylation is 1. The molecule has 13 aromatic rings. The quantitative estimate of drug-likeness (QED) is 0.0146. The minimum atomic E-state index is -3.55. The first kappa shape index (κ1) is 118. The number of methoxy groups -OCH3 is 2. The molecule has 15 rings (SSSR count). The molecule has 1 atom stereocenters. The summed E-state index contributed by atoms with van der Waals surface area (Å²) in [5.74, 6) is 7.99. The highest BCUT2D eigenvalue weighted by molar-refractivity contribution is 7.89. The topological polar surface area (TPSA) is 420 Å². The lowest BCUT2D eigenvalue weighted by molar-refractivity contribution is -0.139. The smallest absolute Gasteiger partial charge is 0.313 e. The number of fused-ring (bicyclic) bond motifs is 2. The lowest BCUT2D eigenvalue weighted by Crippen LogP contribution is -2.28. The molecule has 33 heteroatoms. The largest absolute Gasteiger partial charge is 0.469 e. The molecule has 2 aliphatic heterocycles. The van der Waals surface area contributed by atoms with Gasteiger partial charge >= 0.3 is 5.97 Å². The Labute approximate surface area is 845 Å². The van der Waals surface area contributed by atoms with E-state index in [1.165, 1.54) is 85.1 Å². The standard InChI is InChI=1S/C13H20N2O.C12H19N3O.C12H13N3.C12H13N.C11H13N3.C10H16N2O3S.C10H16N2O2.C10H14N2O2.C10H11NO2.C10H13NO/c1-10(2)11-8-14-13(15-9-11)6-5-12-4-3-7-16-12;1-8(2)5-15-12(16)11-13-6-10(7-14-11)9(3)4;1-9(2)10-3-11(5-13-4-10)12-6-14-8-15-7-12;1-9(2)11-6-5-10-4-3-7-13-12(10)8-11;1-8(2)9-3-10(5-12-4-9)11-6-13-14-7-11;1-8(2)9-5-10(7-11-6-9)16(14,15)12-3-4-13;1-8(2)9-4-11-10(12-5-9)6-14-7-13-3;1-7(2)8-5-11-9(12-6-8)4-10(13)14-3;1-7(2)8-5-9-10(11-6-8)13-4-3-12-9;1-7(2)9-4-5-10(8(3)12)11-6-9/h8-10,12H,3-7H2,1-2H3;6-9H,5H2,1-4H3,(H,15,16);3-9H,1-2H3;3-9H,1-2H3;3-8H,1-2H3,(H,13,14);5-8,12-13H,3-4H2,1-2H3;4-5,8H,6-7H2,1-3H3;5-7H,4H2,1-3H3;3-7H,1-2H3;4-7H,1-3H3. The summed E-state index contributed by atoms with van der Waals surface area (Å²) in [6.07, 6.45) is 47.1. The third-order valence-electron chi connectivity index (χ3n) is 21.8. The van der Waals surface area contributed by atoms with Crippen LogP contribution in [0.2, 0.25) is 0 Å². The van der Waals surface area contributed by atoms with Crippen LogP contribution < -0.4 is 19.5 Å². The molecule has 0 radical (unpaired) electrons. The number of carbonyl (C=O) groups excluding carboxylic acids is 3. The number of sulfonamides is 1. The molecule has 32 nitrogen and oxygen atoms in total. The van der Waals surface area contributed by atoms with Crippen molar-refractivity contribution >= 4 is 38.6 Å². The first-order valence-corrected chi connectivity index (χ1v) is 50.1. The van der Waals surface area contributed by atoms with Gasteiger partial charge in [0.1, 0.15) is 60.9 Å². The number of benzene rings is 1. The molecule has 2 aliphatic rings. The van der Waals surface area contributed by atoms with Crippen molar-refractivity contribution in [2.75, 3.05) is 47.3 Å². The second-order valence-corrected chi connectivity index (χ2v) is 39.0. The van der Waals surface area contributed by atoms with Gasteiger partial charge in [-0.1, -0.05) is 177 Å². The number of hydrogen-bond acceptors (Lipinski definition) is 29. The van der Waals surface area contributed by atoms with Crippen LogP contribution in [0.1, 0.15) is 332 Å². The summed E-state index contributed by atoms with van der Waals surface area (Å²) in [5.41, 5.74) is 17.4. The minimum Gasteiger partial charge on any atom is -0.469 e. The Morgan fingerprint density at radius 2 is 0.972 bits per heavy atom. The number of amides is 1. The number of rotatable bonds is 29. The number of aromatic nitrogens is 18. The van der Waals surface area contributed by atoms with Crippen LogP contribution in [0.5, 0.6) is 11.6 Å². The lowest BCUT2D eigenvalue weighted by Gasteiger charge is -2.13. The zero-order valence-corrected chi connectivity index (χ0v) is 88.7. The number of nitrogens with zero attached hydrogens (tertiary/aromatic N) is 17. The van der Waals surface area contributed by atoms with Crippen molar-refractivity contribution in [3.05, 3.63) is 300 Å². The fourth-order valence-electron chi connectivity index (χ4n) is 12.4. The fraction of sp³-hybridized carbons (Fsp3) is 0.436. The summed E-state index contributed by atoms with van der Waals surface area (Å²) in [6.45, 7) is 49.8. The van der Waals surface area contributed by atoms with E-state index in [0.717, 1.165) is 80.9 Å². The molecule has 0 spiro atoms. The molecule has 14 heterocycles. The molecule has 0 bridgehead atoms. The van der Waals surface area contributed by atoms with Crippen LogP contribution in [0, 0.1) is 5.92 Å². The van der Waals surface area contributed by atoms with E-state index >= 15 is 0 Å². The molecule has 1 unspecified atom stereocenters. The Balaban J connectivity index is 0.000000243. The van der Waals surface area contributed by atoms with Gasteiger partial charge in [0.05, 0.1) is 31.5 Å². The SMILES string of the molecule is CC(=O)c1ccc(C(C)C)cn1.CC(C)CNC(=O)c1ncc(C(C)C)cn1.CC(C)c1ccc2cccnc2c1.CC(C)c1cnc(CCC2CCCO2)nc1.CC(C)c1cnc2c(c1)OC=CO2.CC(C)c1cncc(-c2cn[nH]c2)c1.CC(C)c1cncc(-c2cncnc2)c1.CC(C)c1cncc(S(=O)(=O)NCCO)c1.COC(=O)Cc1ncc(C(C)C)cn1.COCOCc1ncc(C(C)C)cn1. The Morgan fingerprint density at radius 3 is 1.46 bits per heavy atom. The fourth-order valence-corrected chi connectivity index (χ4v) is 13.4. The number of aliphatic hydroxyl groups excluding tert-OH is 1.